The first-order valence-corrected chi connectivity index (χ1v) is 5.04. The molecule has 1 N–H and O–H groups in total. The van der Waals surface area contributed by atoms with Crippen LogP contribution < -0.4 is 4.74 Å². The molecule has 1 aromatic rings. The van der Waals surface area contributed by atoms with Crippen molar-refractivity contribution in [1.82, 2.24) is 0 Å². The molecular formula is C11H10ClNO3. The lowest BCUT2D eigenvalue weighted by Crippen LogP contribution is -2.06. The molecule has 84 valence electrons. The van der Waals surface area contributed by atoms with Crippen LogP contribution in [0.5, 0.6) is 5.75 Å². The molecule has 0 fully saturated rings. The molecule has 1 rings (SSSR count). The minimum Gasteiger partial charge on any atom is -0.496 e. The van der Waals surface area contributed by atoms with Gasteiger partial charge in [0.05, 0.1) is 31.0 Å². The van der Waals surface area contributed by atoms with Gasteiger partial charge in [-0.15, -0.1) is 11.6 Å². The maximum absolute atomic E-state index is 10.7. The predicted octanol–water partition coefficient (Wildman–Crippen LogP) is 1.93. The summed E-state index contributed by atoms with van der Waals surface area (Å²) in [6, 6.07) is 5.16. The number of hydrogen-bond acceptors (Lipinski definition) is 3. The van der Waals surface area contributed by atoms with Gasteiger partial charge in [-0.3, -0.25) is 4.79 Å². The Hall–Kier alpha value is -1.73. The van der Waals surface area contributed by atoms with Gasteiger partial charge in [-0.1, -0.05) is 6.07 Å². The maximum Gasteiger partial charge on any atom is 0.308 e. The highest BCUT2D eigenvalue weighted by atomic mass is 35.5. The second-order valence-electron chi connectivity index (χ2n) is 3.10. The Morgan fingerprint density at radius 2 is 2.31 bits per heavy atom. The number of methoxy groups -OCH3 is 1. The summed E-state index contributed by atoms with van der Waals surface area (Å²) in [5, 5.41) is 17.7. The molecule has 0 unspecified atom stereocenters. The second kappa shape index (κ2) is 5.38. The van der Waals surface area contributed by atoms with Gasteiger partial charge in [0.15, 0.2) is 0 Å². The Balaban J connectivity index is 3.37. The van der Waals surface area contributed by atoms with E-state index >= 15 is 0 Å². The van der Waals surface area contributed by atoms with E-state index in [4.69, 9.17) is 26.7 Å². The summed E-state index contributed by atoms with van der Waals surface area (Å²) in [4.78, 5) is 10.7. The third-order valence-electron chi connectivity index (χ3n) is 2.14. The molecule has 0 heterocycles. The Kier molecular flexibility index (Phi) is 4.15. The monoisotopic (exact) mass is 239 g/mol. The van der Waals surface area contributed by atoms with E-state index in [0.717, 1.165) is 0 Å². The van der Waals surface area contributed by atoms with E-state index in [1.165, 1.54) is 7.11 Å². The molecular weight excluding hydrogens is 230 g/mol. The van der Waals surface area contributed by atoms with Crippen LogP contribution in [-0.4, -0.2) is 18.2 Å². The molecule has 0 aliphatic heterocycles. The first kappa shape index (κ1) is 12.3. The summed E-state index contributed by atoms with van der Waals surface area (Å²) >= 11 is 5.70. The number of rotatable bonds is 4. The quantitative estimate of drug-likeness (QED) is 0.815. The third-order valence-corrected chi connectivity index (χ3v) is 2.43. The first-order valence-electron chi connectivity index (χ1n) is 4.50. The van der Waals surface area contributed by atoms with Crippen molar-refractivity contribution in [2.24, 2.45) is 0 Å². The fraction of sp³-hybridized carbons (Fsp3) is 0.273. The highest BCUT2D eigenvalue weighted by Gasteiger charge is 2.16. The van der Waals surface area contributed by atoms with Crippen LogP contribution in [-0.2, 0) is 17.1 Å². The van der Waals surface area contributed by atoms with Crippen molar-refractivity contribution in [3.8, 4) is 11.8 Å². The summed E-state index contributed by atoms with van der Waals surface area (Å²) in [6.45, 7) is 0. The van der Waals surface area contributed by atoms with Crippen LogP contribution in [0.4, 0.5) is 0 Å². The molecule has 0 atom stereocenters. The SMILES string of the molecule is COc1c(CCl)ccc(C#N)c1CC(=O)O. The maximum atomic E-state index is 10.7. The van der Waals surface area contributed by atoms with Crippen molar-refractivity contribution in [1.29, 1.82) is 5.26 Å². The zero-order chi connectivity index (χ0) is 12.1. The van der Waals surface area contributed by atoms with Gasteiger partial charge in [-0.25, -0.2) is 0 Å². The van der Waals surface area contributed by atoms with Gasteiger partial charge in [0.2, 0.25) is 0 Å². The van der Waals surface area contributed by atoms with Gasteiger partial charge < -0.3 is 9.84 Å². The van der Waals surface area contributed by atoms with Crippen LogP contribution in [0, 0.1) is 11.3 Å². The Bertz CT molecular complexity index is 451. The summed E-state index contributed by atoms with van der Waals surface area (Å²) < 4.78 is 5.11. The molecule has 0 saturated carbocycles. The molecule has 5 heteroatoms. The van der Waals surface area contributed by atoms with Crippen molar-refractivity contribution in [3.63, 3.8) is 0 Å². The van der Waals surface area contributed by atoms with E-state index in [9.17, 15) is 4.79 Å². The number of aliphatic carboxylic acids is 1. The van der Waals surface area contributed by atoms with Crippen LogP contribution in [0.3, 0.4) is 0 Å². The molecule has 0 amide bonds. The molecule has 0 spiro atoms. The molecule has 0 bridgehead atoms. The summed E-state index contributed by atoms with van der Waals surface area (Å²) in [5.41, 5.74) is 1.35. The normalized spacial score (nSPS) is 9.56. The van der Waals surface area contributed by atoms with Gasteiger partial charge in [0, 0.05) is 11.1 Å². The largest absolute Gasteiger partial charge is 0.496 e. The Morgan fingerprint density at radius 1 is 1.62 bits per heavy atom. The number of halogens is 1. The van der Waals surface area contributed by atoms with Crippen molar-refractivity contribution in [2.45, 2.75) is 12.3 Å². The molecule has 0 radical (unpaired) electrons. The number of benzene rings is 1. The number of alkyl halides is 1. The number of nitrogens with zero attached hydrogens (tertiary/aromatic N) is 1. The van der Waals surface area contributed by atoms with E-state index in [-0.39, 0.29) is 12.3 Å². The average Bonchev–Trinajstić information content (AvgIpc) is 2.27. The van der Waals surface area contributed by atoms with Crippen LogP contribution in [0.15, 0.2) is 12.1 Å². The van der Waals surface area contributed by atoms with Gasteiger partial charge in [0.25, 0.3) is 0 Å². The van der Waals surface area contributed by atoms with Crippen LogP contribution in [0.1, 0.15) is 16.7 Å². The lowest BCUT2D eigenvalue weighted by atomic mass is 10.0. The van der Waals surface area contributed by atoms with E-state index < -0.39 is 5.97 Å². The number of carboxylic acid groups (broad SMARTS) is 1. The molecule has 1 aromatic carbocycles. The van der Waals surface area contributed by atoms with Crippen molar-refractivity contribution in [2.75, 3.05) is 7.11 Å². The fourth-order valence-electron chi connectivity index (χ4n) is 1.47. The minimum absolute atomic E-state index is 0.210. The van der Waals surface area contributed by atoms with Gasteiger partial charge in [-0.2, -0.15) is 5.26 Å². The summed E-state index contributed by atoms with van der Waals surface area (Å²) in [7, 11) is 1.43. The first-order chi connectivity index (χ1) is 7.63. The highest BCUT2D eigenvalue weighted by molar-refractivity contribution is 6.17. The number of ether oxygens (including phenoxy) is 1. The minimum atomic E-state index is -1.01. The highest BCUT2D eigenvalue weighted by Crippen LogP contribution is 2.28. The number of carboxylic acids is 1. The van der Waals surface area contributed by atoms with E-state index in [1.54, 1.807) is 12.1 Å². The third kappa shape index (κ3) is 2.44. The molecule has 0 aliphatic rings. The van der Waals surface area contributed by atoms with Gasteiger partial charge in [-0.05, 0) is 6.07 Å². The topological polar surface area (TPSA) is 70.3 Å². The number of nitriles is 1. The summed E-state index contributed by atoms with van der Waals surface area (Å²) in [6.07, 6.45) is -0.253. The fourth-order valence-corrected chi connectivity index (χ4v) is 1.68. The van der Waals surface area contributed by atoms with E-state index in [2.05, 4.69) is 0 Å². The smallest absolute Gasteiger partial charge is 0.308 e. The molecule has 0 aliphatic carbocycles. The van der Waals surface area contributed by atoms with Gasteiger partial charge in [0.1, 0.15) is 5.75 Å². The van der Waals surface area contributed by atoms with E-state index in [0.29, 0.717) is 22.4 Å². The molecule has 0 saturated heterocycles. The van der Waals surface area contributed by atoms with Crippen LogP contribution in [0.25, 0.3) is 0 Å². The second-order valence-corrected chi connectivity index (χ2v) is 3.37. The average molecular weight is 240 g/mol. The lowest BCUT2D eigenvalue weighted by molar-refractivity contribution is -0.136. The molecule has 16 heavy (non-hydrogen) atoms. The summed E-state index contributed by atoms with van der Waals surface area (Å²) in [5.74, 6) is -0.417. The standard InChI is InChI=1S/C11H10ClNO3/c1-16-11-7(5-12)2-3-8(6-13)9(11)4-10(14)15/h2-3H,4-5H2,1H3,(H,14,15). The van der Waals surface area contributed by atoms with Crippen molar-refractivity contribution in [3.05, 3.63) is 28.8 Å². The number of carbonyl (C=O) groups is 1. The van der Waals surface area contributed by atoms with Crippen LogP contribution in [0.2, 0.25) is 0 Å². The Morgan fingerprint density at radius 3 is 2.75 bits per heavy atom. The zero-order valence-corrected chi connectivity index (χ0v) is 9.41. The van der Waals surface area contributed by atoms with Crippen molar-refractivity contribution < 1.29 is 14.6 Å². The predicted molar refractivity (Wildman–Crippen MR) is 58.6 cm³/mol. The Labute approximate surface area is 98.0 Å². The molecule has 4 nitrogen and oxygen atoms in total. The van der Waals surface area contributed by atoms with Crippen LogP contribution >= 0.6 is 11.6 Å². The lowest BCUT2D eigenvalue weighted by Gasteiger charge is -2.12. The zero-order valence-electron chi connectivity index (χ0n) is 8.66. The number of hydrogen-bond donors (Lipinski definition) is 1. The van der Waals surface area contributed by atoms with Crippen molar-refractivity contribution >= 4 is 17.6 Å². The van der Waals surface area contributed by atoms with Gasteiger partial charge >= 0.3 is 5.97 Å². The molecule has 0 aromatic heterocycles. The van der Waals surface area contributed by atoms with E-state index in [1.807, 2.05) is 6.07 Å².